The summed E-state index contributed by atoms with van der Waals surface area (Å²) in [6.07, 6.45) is 7.29. The smallest absolute Gasteiger partial charge is 0.188 e. The average molecular weight is 398 g/mol. The Morgan fingerprint density at radius 2 is 2.00 bits per heavy atom. The largest absolute Gasteiger partial charge is 0.370 e. The van der Waals surface area contributed by atoms with Crippen LogP contribution in [0.4, 0.5) is 8.78 Å². The molecule has 0 aliphatic carbocycles. The van der Waals surface area contributed by atoms with Crippen molar-refractivity contribution >= 4 is 5.96 Å². The van der Waals surface area contributed by atoms with Crippen LogP contribution < -0.4 is 5.73 Å². The Morgan fingerprint density at radius 1 is 1.14 bits per heavy atom. The molecular weight excluding hydrogens is 374 g/mol. The van der Waals surface area contributed by atoms with Gasteiger partial charge in [-0.05, 0) is 49.1 Å². The highest BCUT2D eigenvalue weighted by molar-refractivity contribution is 5.74. The number of hydrogen-bond donors (Lipinski definition) is 3. The summed E-state index contributed by atoms with van der Waals surface area (Å²) < 4.78 is 27.2. The van der Waals surface area contributed by atoms with Crippen LogP contribution in [-0.2, 0) is 6.42 Å². The third-order valence-corrected chi connectivity index (χ3v) is 4.83. The SMILES string of the molecule is N=C(N)N(CCCc1c[nH]cn1)CCC(c1ccc(F)c(F)c1)c1ccccn1. The third-order valence-electron chi connectivity index (χ3n) is 4.83. The lowest BCUT2D eigenvalue weighted by Gasteiger charge is -2.25. The topological polar surface area (TPSA) is 94.7 Å². The molecule has 4 N–H and O–H groups in total. The van der Waals surface area contributed by atoms with E-state index in [0.29, 0.717) is 25.1 Å². The number of aromatic amines is 1. The number of H-pyrrole nitrogens is 1. The van der Waals surface area contributed by atoms with Gasteiger partial charge in [-0.3, -0.25) is 10.4 Å². The second-order valence-corrected chi connectivity index (χ2v) is 6.81. The molecule has 0 aliphatic rings. The number of nitrogens with one attached hydrogen (secondary N) is 2. The summed E-state index contributed by atoms with van der Waals surface area (Å²) in [4.78, 5) is 13.3. The molecule has 1 atom stereocenters. The van der Waals surface area contributed by atoms with E-state index in [4.69, 9.17) is 11.1 Å². The number of halogens is 2. The van der Waals surface area contributed by atoms with E-state index >= 15 is 0 Å². The highest BCUT2D eigenvalue weighted by Crippen LogP contribution is 2.28. The first-order valence-corrected chi connectivity index (χ1v) is 9.47. The Kier molecular flexibility index (Phi) is 6.89. The molecular formula is C21H24F2N6. The lowest BCUT2D eigenvalue weighted by molar-refractivity contribution is 0.385. The van der Waals surface area contributed by atoms with Crippen molar-refractivity contribution < 1.29 is 8.78 Å². The van der Waals surface area contributed by atoms with Crippen LogP contribution in [0.1, 0.15) is 35.7 Å². The molecule has 0 saturated carbocycles. The van der Waals surface area contributed by atoms with Gasteiger partial charge in [-0.2, -0.15) is 0 Å². The van der Waals surface area contributed by atoms with Crippen LogP contribution in [0.3, 0.4) is 0 Å². The zero-order chi connectivity index (χ0) is 20.6. The van der Waals surface area contributed by atoms with Crippen LogP contribution in [-0.4, -0.2) is 38.9 Å². The zero-order valence-corrected chi connectivity index (χ0v) is 16.0. The minimum absolute atomic E-state index is 0.0166. The molecule has 0 fully saturated rings. The number of nitrogens with zero attached hydrogens (tertiary/aromatic N) is 3. The van der Waals surface area contributed by atoms with E-state index in [1.165, 1.54) is 6.07 Å². The standard InChI is InChI=1S/C21H24F2N6/c22-18-7-6-15(12-19(18)23)17(20-5-1-2-9-27-20)8-11-29(21(24)25)10-3-4-16-13-26-14-28-16/h1-2,5-7,9,12-14,17H,3-4,8,10-11H2,(H3,24,25)(H,26,28). The molecule has 0 bridgehead atoms. The van der Waals surface area contributed by atoms with Gasteiger partial charge in [0.2, 0.25) is 0 Å². The van der Waals surface area contributed by atoms with Crippen molar-refractivity contribution in [2.75, 3.05) is 13.1 Å². The molecule has 1 unspecified atom stereocenters. The molecule has 3 rings (SSSR count). The van der Waals surface area contributed by atoms with Crippen LogP contribution in [0.15, 0.2) is 55.1 Å². The number of rotatable bonds is 9. The number of aryl methyl sites for hydroxylation is 1. The number of pyridine rings is 1. The summed E-state index contributed by atoms with van der Waals surface area (Å²) >= 11 is 0. The Labute approximate surface area is 168 Å². The molecule has 152 valence electrons. The molecule has 2 aromatic heterocycles. The van der Waals surface area contributed by atoms with Gasteiger partial charge in [0, 0.05) is 37.1 Å². The molecule has 2 heterocycles. The fourth-order valence-electron chi connectivity index (χ4n) is 3.31. The van der Waals surface area contributed by atoms with Gasteiger partial charge < -0.3 is 15.6 Å². The Hall–Kier alpha value is -3.29. The van der Waals surface area contributed by atoms with Crippen LogP contribution in [0.5, 0.6) is 0 Å². The van der Waals surface area contributed by atoms with Crippen LogP contribution in [0.2, 0.25) is 0 Å². The Balaban J connectivity index is 1.70. The number of nitrogens with two attached hydrogens (primary N) is 1. The normalized spacial score (nSPS) is 11.9. The van der Waals surface area contributed by atoms with E-state index in [9.17, 15) is 8.78 Å². The van der Waals surface area contributed by atoms with E-state index in [1.807, 2.05) is 24.4 Å². The summed E-state index contributed by atoms with van der Waals surface area (Å²) in [7, 11) is 0. The van der Waals surface area contributed by atoms with E-state index in [2.05, 4.69) is 15.0 Å². The lowest BCUT2D eigenvalue weighted by atomic mass is 9.91. The van der Waals surface area contributed by atoms with Crippen molar-refractivity contribution in [3.8, 4) is 0 Å². The van der Waals surface area contributed by atoms with Gasteiger partial charge in [-0.1, -0.05) is 12.1 Å². The molecule has 6 nitrogen and oxygen atoms in total. The molecule has 0 radical (unpaired) electrons. The van der Waals surface area contributed by atoms with Crippen molar-refractivity contribution in [2.24, 2.45) is 5.73 Å². The molecule has 0 amide bonds. The van der Waals surface area contributed by atoms with E-state index in [0.717, 1.165) is 30.3 Å². The van der Waals surface area contributed by atoms with Gasteiger partial charge in [0.05, 0.1) is 12.0 Å². The van der Waals surface area contributed by atoms with E-state index < -0.39 is 11.6 Å². The van der Waals surface area contributed by atoms with Crippen LogP contribution in [0, 0.1) is 17.0 Å². The lowest BCUT2D eigenvalue weighted by Crippen LogP contribution is -2.38. The maximum atomic E-state index is 13.8. The summed E-state index contributed by atoms with van der Waals surface area (Å²) in [5.41, 5.74) is 8.13. The highest BCUT2D eigenvalue weighted by Gasteiger charge is 2.19. The second kappa shape index (κ2) is 9.77. The average Bonchev–Trinajstić information content (AvgIpc) is 3.23. The fourth-order valence-corrected chi connectivity index (χ4v) is 3.31. The van der Waals surface area contributed by atoms with Crippen molar-refractivity contribution in [1.29, 1.82) is 5.41 Å². The number of guanidine groups is 1. The Bertz CT molecular complexity index is 914. The maximum Gasteiger partial charge on any atom is 0.188 e. The van der Waals surface area contributed by atoms with Gasteiger partial charge in [0.1, 0.15) is 0 Å². The van der Waals surface area contributed by atoms with Gasteiger partial charge in [-0.25, -0.2) is 13.8 Å². The predicted octanol–water partition coefficient (Wildman–Crippen LogP) is 3.43. The summed E-state index contributed by atoms with van der Waals surface area (Å²) in [5.74, 6) is -2.01. The van der Waals surface area contributed by atoms with Crippen molar-refractivity contribution in [3.05, 3.63) is 83.7 Å². The summed E-state index contributed by atoms with van der Waals surface area (Å²) in [6.45, 7) is 1.10. The second-order valence-electron chi connectivity index (χ2n) is 6.81. The maximum absolute atomic E-state index is 13.8. The van der Waals surface area contributed by atoms with Gasteiger partial charge >= 0.3 is 0 Å². The predicted molar refractivity (Wildman–Crippen MR) is 107 cm³/mol. The number of aromatic nitrogens is 3. The van der Waals surface area contributed by atoms with Crippen LogP contribution >= 0.6 is 0 Å². The molecule has 0 spiro atoms. The fraction of sp³-hybridized carbons (Fsp3) is 0.286. The summed E-state index contributed by atoms with van der Waals surface area (Å²) in [6, 6.07) is 9.46. The van der Waals surface area contributed by atoms with Crippen molar-refractivity contribution in [1.82, 2.24) is 19.9 Å². The number of hydrogen-bond acceptors (Lipinski definition) is 3. The number of imidazole rings is 1. The monoisotopic (exact) mass is 398 g/mol. The quantitative estimate of drug-likeness (QED) is 0.380. The van der Waals surface area contributed by atoms with Gasteiger partial charge in [0.15, 0.2) is 17.6 Å². The zero-order valence-electron chi connectivity index (χ0n) is 16.0. The van der Waals surface area contributed by atoms with Gasteiger partial charge in [-0.15, -0.1) is 0 Å². The number of benzene rings is 1. The highest BCUT2D eigenvalue weighted by atomic mass is 19.2. The molecule has 0 saturated heterocycles. The molecule has 3 aromatic rings. The van der Waals surface area contributed by atoms with Crippen LogP contribution in [0.25, 0.3) is 0 Å². The molecule has 29 heavy (non-hydrogen) atoms. The van der Waals surface area contributed by atoms with Gasteiger partial charge in [0.25, 0.3) is 0 Å². The van der Waals surface area contributed by atoms with Crippen molar-refractivity contribution in [3.63, 3.8) is 0 Å². The van der Waals surface area contributed by atoms with E-state index in [1.54, 1.807) is 23.5 Å². The molecule has 0 aliphatic heterocycles. The first kappa shape index (κ1) is 20.4. The summed E-state index contributed by atoms with van der Waals surface area (Å²) in [5, 5.41) is 7.88. The minimum Gasteiger partial charge on any atom is -0.370 e. The minimum atomic E-state index is -0.883. The Morgan fingerprint density at radius 3 is 2.66 bits per heavy atom. The van der Waals surface area contributed by atoms with E-state index in [-0.39, 0.29) is 11.9 Å². The molecule has 1 aromatic carbocycles. The van der Waals surface area contributed by atoms with Crippen molar-refractivity contribution in [2.45, 2.75) is 25.2 Å². The third kappa shape index (κ3) is 5.60. The molecule has 8 heteroatoms. The first-order chi connectivity index (χ1) is 14.0. The first-order valence-electron chi connectivity index (χ1n) is 9.47.